The van der Waals surface area contributed by atoms with Crippen molar-refractivity contribution < 1.29 is 27.6 Å². The first-order chi connectivity index (χ1) is 13.8. The quantitative estimate of drug-likeness (QED) is 0.302. The Morgan fingerprint density at radius 1 is 1.20 bits per heavy atom. The summed E-state index contributed by atoms with van der Waals surface area (Å²) in [4.78, 5) is 50.3. The number of carbonyl (C=O) groups is 4. The molecule has 172 valence electrons. The Bertz CT molecular complexity index is 758. The summed E-state index contributed by atoms with van der Waals surface area (Å²) in [7, 11) is -3.35. The maximum absolute atomic E-state index is 12.8. The first kappa shape index (κ1) is 26.0. The molecule has 30 heavy (non-hydrogen) atoms. The number of likely N-dealkylation sites (tertiary alicyclic amines) is 1. The number of nitrogens with two attached hydrogens (primary N) is 1. The molecule has 0 aromatic rings. The van der Waals surface area contributed by atoms with Crippen LogP contribution in [0.15, 0.2) is 0 Å². The first-order valence-corrected chi connectivity index (χ1v) is 12.9. The van der Waals surface area contributed by atoms with Gasteiger partial charge in [-0.15, -0.1) is 0 Å². The van der Waals surface area contributed by atoms with Crippen molar-refractivity contribution in [3.8, 4) is 0 Å². The Morgan fingerprint density at radius 3 is 2.33 bits per heavy atom. The van der Waals surface area contributed by atoms with Gasteiger partial charge in [0.15, 0.2) is 0 Å². The number of thioether (sulfide) groups is 1. The number of hydrogen-bond acceptors (Lipinski definition) is 7. The van der Waals surface area contributed by atoms with E-state index in [1.54, 1.807) is 20.1 Å². The molecule has 0 bridgehead atoms. The maximum Gasteiger partial charge on any atom is 0.315 e. The van der Waals surface area contributed by atoms with Gasteiger partial charge in [0.2, 0.25) is 17.7 Å². The molecule has 1 heterocycles. The van der Waals surface area contributed by atoms with E-state index in [1.807, 2.05) is 0 Å². The summed E-state index contributed by atoms with van der Waals surface area (Å²) in [5.74, 6) is -1.92. The highest BCUT2D eigenvalue weighted by atomic mass is 32.2. The Labute approximate surface area is 181 Å². The predicted octanol–water partition coefficient (Wildman–Crippen LogP) is -1.57. The summed E-state index contributed by atoms with van der Waals surface area (Å²) in [6.07, 6.45) is 2.77. The summed E-state index contributed by atoms with van der Waals surface area (Å²) in [5, 5.41) is 7.88. The smallest absolute Gasteiger partial charge is 0.315 e. The van der Waals surface area contributed by atoms with Crippen LogP contribution in [-0.4, -0.2) is 91.8 Å². The number of carbonyl (C=O) groups excluding carboxylic acids is 4. The lowest BCUT2D eigenvalue weighted by Gasteiger charge is -2.25. The van der Waals surface area contributed by atoms with Crippen LogP contribution >= 0.6 is 11.8 Å². The van der Waals surface area contributed by atoms with Gasteiger partial charge in [-0.2, -0.15) is 11.8 Å². The number of primary amides is 1. The van der Waals surface area contributed by atoms with E-state index in [0.29, 0.717) is 0 Å². The average Bonchev–Trinajstić information content (AvgIpc) is 3.00. The second kappa shape index (κ2) is 11.4. The molecule has 1 aliphatic rings. The highest BCUT2D eigenvalue weighted by Crippen LogP contribution is 2.20. The third-order valence-corrected chi connectivity index (χ3v) is 5.90. The van der Waals surface area contributed by atoms with Gasteiger partial charge in [0.05, 0.1) is 17.5 Å². The molecule has 0 radical (unpaired) electrons. The van der Waals surface area contributed by atoms with Gasteiger partial charge in [-0.1, -0.05) is 0 Å². The Balaban J connectivity index is 2.90. The van der Waals surface area contributed by atoms with Crippen molar-refractivity contribution in [1.29, 1.82) is 0 Å². The minimum atomic E-state index is -3.35. The van der Waals surface area contributed by atoms with Crippen molar-refractivity contribution in [2.45, 2.75) is 50.9 Å². The third-order valence-electron chi connectivity index (χ3n) is 4.38. The average molecular weight is 466 g/mol. The van der Waals surface area contributed by atoms with Gasteiger partial charge in [-0.3, -0.25) is 14.4 Å². The minimum Gasteiger partial charge on any atom is -0.368 e. The lowest BCUT2D eigenvalue weighted by molar-refractivity contribution is -0.137. The molecular weight excluding hydrogens is 434 g/mol. The molecule has 1 saturated heterocycles. The molecule has 0 aliphatic carbocycles. The number of nitrogens with zero attached hydrogens (tertiary/aromatic N) is 1. The van der Waals surface area contributed by atoms with Crippen LogP contribution in [0, 0.1) is 0 Å². The normalized spacial score (nSPS) is 20.0. The summed E-state index contributed by atoms with van der Waals surface area (Å²) < 4.78 is 22.7. The zero-order valence-corrected chi connectivity index (χ0v) is 19.3. The first-order valence-electron chi connectivity index (χ1n) is 9.47. The highest BCUT2D eigenvalue weighted by Gasteiger charge is 2.40. The predicted molar refractivity (Wildman–Crippen MR) is 115 cm³/mol. The monoisotopic (exact) mass is 465 g/mol. The van der Waals surface area contributed by atoms with Crippen LogP contribution in [0.5, 0.6) is 0 Å². The minimum absolute atomic E-state index is 0.0779. The fraction of sp³-hybridized carbons (Fsp3) is 0.765. The summed E-state index contributed by atoms with van der Waals surface area (Å²) in [6.45, 7) is 3.76. The van der Waals surface area contributed by atoms with E-state index in [0.717, 1.165) is 6.26 Å². The van der Waals surface area contributed by atoms with E-state index in [1.165, 1.54) is 16.7 Å². The van der Waals surface area contributed by atoms with Crippen LogP contribution < -0.4 is 21.7 Å². The Hall–Kier alpha value is -2.02. The molecule has 5 amide bonds. The Kier molecular flexibility index (Phi) is 9.88. The van der Waals surface area contributed by atoms with Gasteiger partial charge in [0.25, 0.3) is 0 Å². The molecule has 1 fully saturated rings. The van der Waals surface area contributed by atoms with E-state index >= 15 is 0 Å². The fourth-order valence-corrected chi connectivity index (χ4v) is 4.12. The van der Waals surface area contributed by atoms with Gasteiger partial charge in [0, 0.05) is 18.8 Å². The van der Waals surface area contributed by atoms with E-state index in [2.05, 4.69) is 16.0 Å². The Morgan fingerprint density at radius 2 is 1.83 bits per heavy atom. The zero-order valence-electron chi connectivity index (χ0n) is 17.6. The molecule has 1 rings (SSSR count). The summed E-state index contributed by atoms with van der Waals surface area (Å²) >= 11 is 1.30. The molecule has 0 aromatic heterocycles. The summed E-state index contributed by atoms with van der Waals surface area (Å²) in [6, 6.07) is -3.02. The summed E-state index contributed by atoms with van der Waals surface area (Å²) in [5.41, 5.74) is 5.30. The molecule has 11 nitrogen and oxygen atoms in total. The van der Waals surface area contributed by atoms with Crippen LogP contribution in [0.4, 0.5) is 4.79 Å². The number of rotatable bonds is 10. The fourth-order valence-electron chi connectivity index (χ4n) is 3.05. The van der Waals surface area contributed by atoms with E-state index in [9.17, 15) is 27.6 Å². The lowest BCUT2D eigenvalue weighted by atomic mass is 10.1. The molecule has 0 spiro atoms. The van der Waals surface area contributed by atoms with Crippen LogP contribution in [-0.2, 0) is 24.2 Å². The second-order valence-electron chi connectivity index (χ2n) is 7.58. The SMILES string of the molecule is CSCC(=O)N1CC(NC(=O)NC(C)C)CC1C(=O)NC(CCS(C)(=O)=O)C(N)=O. The molecule has 3 atom stereocenters. The van der Waals surface area contributed by atoms with Crippen molar-refractivity contribution in [1.82, 2.24) is 20.9 Å². The number of sulfone groups is 1. The van der Waals surface area contributed by atoms with Crippen molar-refractivity contribution in [3.63, 3.8) is 0 Å². The van der Waals surface area contributed by atoms with Gasteiger partial charge < -0.3 is 26.6 Å². The van der Waals surface area contributed by atoms with Gasteiger partial charge in [-0.25, -0.2) is 13.2 Å². The van der Waals surface area contributed by atoms with Crippen molar-refractivity contribution in [2.24, 2.45) is 5.73 Å². The second-order valence-corrected chi connectivity index (χ2v) is 10.7. The molecule has 0 saturated carbocycles. The van der Waals surface area contributed by atoms with E-state index in [-0.39, 0.29) is 42.8 Å². The molecule has 1 aliphatic heterocycles. The number of nitrogens with one attached hydrogen (secondary N) is 3. The van der Waals surface area contributed by atoms with E-state index in [4.69, 9.17) is 5.73 Å². The molecular formula is C17H31N5O6S2. The van der Waals surface area contributed by atoms with Crippen molar-refractivity contribution in [3.05, 3.63) is 0 Å². The largest absolute Gasteiger partial charge is 0.368 e. The molecule has 5 N–H and O–H groups in total. The van der Waals surface area contributed by atoms with Gasteiger partial charge >= 0.3 is 6.03 Å². The number of hydrogen-bond donors (Lipinski definition) is 4. The topological polar surface area (TPSA) is 168 Å². The third kappa shape index (κ3) is 8.78. The van der Waals surface area contributed by atoms with Gasteiger partial charge in [-0.05, 0) is 32.9 Å². The van der Waals surface area contributed by atoms with Crippen molar-refractivity contribution >= 4 is 45.4 Å². The number of amides is 5. The van der Waals surface area contributed by atoms with Crippen LogP contribution in [0.1, 0.15) is 26.7 Å². The zero-order chi connectivity index (χ0) is 23.1. The highest BCUT2D eigenvalue weighted by molar-refractivity contribution is 7.99. The van der Waals surface area contributed by atoms with Gasteiger partial charge in [0.1, 0.15) is 21.9 Å². The molecule has 13 heteroatoms. The van der Waals surface area contributed by atoms with Crippen LogP contribution in [0.25, 0.3) is 0 Å². The number of urea groups is 1. The standard InChI is InChI=1S/C17H31N5O6S2/c1-10(2)19-17(26)20-11-7-13(22(8-11)14(23)9-29-3)16(25)21-12(15(18)24)5-6-30(4,27)28/h10-13H,5-9H2,1-4H3,(H2,18,24)(H,21,25)(H2,19,20,26). The van der Waals surface area contributed by atoms with E-state index < -0.39 is 45.8 Å². The van der Waals surface area contributed by atoms with Crippen LogP contribution in [0.2, 0.25) is 0 Å². The lowest BCUT2D eigenvalue weighted by Crippen LogP contribution is -2.52. The molecule has 3 unspecified atom stereocenters. The van der Waals surface area contributed by atoms with Crippen molar-refractivity contribution in [2.75, 3.05) is 30.6 Å². The molecule has 0 aromatic carbocycles. The maximum atomic E-state index is 12.8. The van der Waals surface area contributed by atoms with Crippen LogP contribution in [0.3, 0.4) is 0 Å².